The monoisotopic (exact) mass is 410 g/mol. The molecule has 1 aliphatic rings. The van der Waals surface area contributed by atoms with Crippen LogP contribution in [0.15, 0.2) is 4.99 Å². The highest BCUT2D eigenvalue weighted by Gasteiger charge is 2.15. The Hall–Kier alpha value is -0.0400. The molecule has 1 rings (SSSR count). The van der Waals surface area contributed by atoms with Gasteiger partial charge in [0.15, 0.2) is 5.96 Å². The van der Waals surface area contributed by atoms with Crippen molar-refractivity contribution in [2.24, 2.45) is 16.8 Å². The average molecular weight is 410 g/mol. The fourth-order valence-electron chi connectivity index (χ4n) is 2.61. The third-order valence-corrected chi connectivity index (χ3v) is 3.64. The summed E-state index contributed by atoms with van der Waals surface area (Å²) in [6.45, 7) is 15.5. The first kappa shape index (κ1) is 21.0. The highest BCUT2D eigenvalue weighted by molar-refractivity contribution is 14.0. The molecule has 1 saturated heterocycles. The smallest absolute Gasteiger partial charge is 0.191 e. The van der Waals surface area contributed by atoms with Crippen LogP contribution in [0.2, 0.25) is 0 Å². The van der Waals surface area contributed by atoms with Crippen LogP contribution in [-0.4, -0.2) is 50.1 Å². The number of hydrogen-bond acceptors (Lipinski definition) is 2. The van der Waals surface area contributed by atoms with Crippen LogP contribution in [0.25, 0.3) is 0 Å². The normalized spacial score (nSPS) is 20.2. The molecule has 2 N–H and O–H groups in total. The number of piperidine rings is 1. The summed E-state index contributed by atoms with van der Waals surface area (Å²) in [5.41, 5.74) is 0. The number of likely N-dealkylation sites (tertiary alicyclic amines) is 1. The van der Waals surface area contributed by atoms with Gasteiger partial charge in [-0.15, -0.1) is 24.0 Å². The molecule has 0 bridgehead atoms. The summed E-state index contributed by atoms with van der Waals surface area (Å²) in [6, 6.07) is 0. The van der Waals surface area contributed by atoms with Gasteiger partial charge in [-0.05, 0) is 51.1 Å². The van der Waals surface area contributed by atoms with Gasteiger partial charge in [0.1, 0.15) is 0 Å². The minimum absolute atomic E-state index is 0. The molecule has 0 spiro atoms. The predicted molar refractivity (Wildman–Crippen MR) is 104 cm³/mol. The zero-order chi connectivity index (χ0) is 14.8. The van der Waals surface area contributed by atoms with Crippen LogP contribution in [-0.2, 0) is 0 Å². The molecule has 0 radical (unpaired) electrons. The fraction of sp³-hybridized carbons (Fsp3) is 0.938. The van der Waals surface area contributed by atoms with E-state index in [9.17, 15) is 0 Å². The molecular weight excluding hydrogens is 375 g/mol. The van der Waals surface area contributed by atoms with Crippen molar-refractivity contribution in [3.8, 4) is 0 Å². The molecule has 1 unspecified atom stereocenters. The molecule has 0 aliphatic carbocycles. The Morgan fingerprint density at radius 3 is 2.71 bits per heavy atom. The van der Waals surface area contributed by atoms with Crippen molar-refractivity contribution in [3.63, 3.8) is 0 Å². The Bertz CT molecular complexity index is 281. The van der Waals surface area contributed by atoms with Crippen LogP contribution in [0.1, 0.15) is 47.0 Å². The van der Waals surface area contributed by atoms with E-state index in [1.165, 1.54) is 38.9 Å². The molecule has 0 amide bonds. The molecule has 1 heterocycles. The first-order valence-electron chi connectivity index (χ1n) is 8.36. The van der Waals surface area contributed by atoms with Crippen molar-refractivity contribution in [1.29, 1.82) is 0 Å². The summed E-state index contributed by atoms with van der Waals surface area (Å²) in [4.78, 5) is 7.20. The molecular formula is C16H35IN4. The lowest BCUT2D eigenvalue weighted by molar-refractivity contribution is 0.182. The van der Waals surface area contributed by atoms with Gasteiger partial charge in [-0.25, -0.2) is 0 Å². The Morgan fingerprint density at radius 2 is 2.10 bits per heavy atom. The molecule has 4 nitrogen and oxygen atoms in total. The van der Waals surface area contributed by atoms with E-state index in [-0.39, 0.29) is 24.0 Å². The number of aliphatic imine (C=N–C) groups is 1. The molecule has 0 saturated carbocycles. The lowest BCUT2D eigenvalue weighted by Crippen LogP contribution is -2.40. The third-order valence-electron chi connectivity index (χ3n) is 3.64. The molecule has 1 fully saturated rings. The number of hydrogen-bond donors (Lipinski definition) is 2. The average Bonchev–Trinajstić information content (AvgIpc) is 2.40. The van der Waals surface area contributed by atoms with E-state index in [0.717, 1.165) is 31.5 Å². The van der Waals surface area contributed by atoms with E-state index in [0.29, 0.717) is 5.92 Å². The lowest BCUT2D eigenvalue weighted by Gasteiger charge is -2.30. The van der Waals surface area contributed by atoms with Crippen LogP contribution < -0.4 is 10.6 Å². The van der Waals surface area contributed by atoms with Crippen molar-refractivity contribution >= 4 is 29.9 Å². The fourth-order valence-corrected chi connectivity index (χ4v) is 2.61. The van der Waals surface area contributed by atoms with Crippen LogP contribution >= 0.6 is 24.0 Å². The summed E-state index contributed by atoms with van der Waals surface area (Å²) >= 11 is 0. The van der Waals surface area contributed by atoms with Gasteiger partial charge in [-0.3, -0.25) is 4.99 Å². The van der Waals surface area contributed by atoms with Gasteiger partial charge in [-0.1, -0.05) is 20.8 Å². The standard InChI is InChI=1S/C16H34N4.HI/c1-5-17-16(19-12-14(2)3)18-9-7-11-20-10-6-8-15(4)13-20;/h14-15H,5-13H2,1-4H3,(H2,17,18,19);1H. The molecule has 0 aromatic rings. The molecule has 126 valence electrons. The molecule has 0 aromatic heterocycles. The summed E-state index contributed by atoms with van der Waals surface area (Å²) in [7, 11) is 0. The van der Waals surface area contributed by atoms with Crippen LogP contribution in [0, 0.1) is 11.8 Å². The molecule has 21 heavy (non-hydrogen) atoms. The van der Waals surface area contributed by atoms with E-state index in [2.05, 4.69) is 48.2 Å². The van der Waals surface area contributed by atoms with Gasteiger partial charge in [0.2, 0.25) is 0 Å². The topological polar surface area (TPSA) is 39.7 Å². The predicted octanol–water partition coefficient (Wildman–Crippen LogP) is 2.94. The second-order valence-corrected chi connectivity index (χ2v) is 6.44. The van der Waals surface area contributed by atoms with E-state index in [1.807, 2.05) is 0 Å². The minimum atomic E-state index is 0. The van der Waals surface area contributed by atoms with Crippen molar-refractivity contribution in [2.75, 3.05) is 39.3 Å². The first-order valence-corrected chi connectivity index (χ1v) is 8.36. The maximum absolute atomic E-state index is 4.59. The van der Waals surface area contributed by atoms with E-state index < -0.39 is 0 Å². The van der Waals surface area contributed by atoms with Crippen LogP contribution in [0.5, 0.6) is 0 Å². The van der Waals surface area contributed by atoms with Crippen molar-refractivity contribution in [1.82, 2.24) is 15.5 Å². The zero-order valence-corrected chi connectivity index (χ0v) is 16.7. The second-order valence-electron chi connectivity index (χ2n) is 6.44. The summed E-state index contributed by atoms with van der Waals surface area (Å²) in [6.07, 6.45) is 3.97. The Labute approximate surface area is 148 Å². The summed E-state index contributed by atoms with van der Waals surface area (Å²) in [5, 5.41) is 6.75. The SMILES string of the molecule is CCNC(=NCC(C)C)NCCCN1CCCC(C)C1.I. The van der Waals surface area contributed by atoms with Gasteiger partial charge in [0, 0.05) is 26.2 Å². The molecule has 5 heteroatoms. The highest BCUT2D eigenvalue weighted by Crippen LogP contribution is 2.15. The quantitative estimate of drug-likeness (QED) is 0.294. The molecule has 0 aromatic carbocycles. The van der Waals surface area contributed by atoms with Crippen molar-refractivity contribution in [3.05, 3.63) is 0 Å². The van der Waals surface area contributed by atoms with Gasteiger partial charge in [0.05, 0.1) is 0 Å². The van der Waals surface area contributed by atoms with Crippen LogP contribution in [0.3, 0.4) is 0 Å². The first-order chi connectivity index (χ1) is 9.61. The number of halogens is 1. The minimum Gasteiger partial charge on any atom is -0.357 e. The largest absolute Gasteiger partial charge is 0.357 e. The van der Waals surface area contributed by atoms with Crippen molar-refractivity contribution < 1.29 is 0 Å². The Kier molecular flexibility index (Phi) is 12.5. The van der Waals surface area contributed by atoms with E-state index in [1.54, 1.807) is 0 Å². The van der Waals surface area contributed by atoms with Gasteiger partial charge >= 0.3 is 0 Å². The number of nitrogens with zero attached hydrogens (tertiary/aromatic N) is 2. The molecule has 1 aliphatic heterocycles. The Morgan fingerprint density at radius 1 is 1.33 bits per heavy atom. The summed E-state index contributed by atoms with van der Waals surface area (Å²) in [5.74, 6) is 2.45. The van der Waals surface area contributed by atoms with Crippen molar-refractivity contribution in [2.45, 2.75) is 47.0 Å². The van der Waals surface area contributed by atoms with Gasteiger partial charge < -0.3 is 15.5 Å². The van der Waals surface area contributed by atoms with E-state index >= 15 is 0 Å². The summed E-state index contributed by atoms with van der Waals surface area (Å²) < 4.78 is 0. The number of rotatable bonds is 7. The highest BCUT2D eigenvalue weighted by atomic mass is 127. The molecule has 1 atom stereocenters. The number of nitrogens with one attached hydrogen (secondary N) is 2. The Balaban J connectivity index is 0.00000400. The maximum atomic E-state index is 4.59. The van der Waals surface area contributed by atoms with Crippen LogP contribution in [0.4, 0.5) is 0 Å². The lowest BCUT2D eigenvalue weighted by atomic mass is 10.0. The number of guanidine groups is 1. The van der Waals surface area contributed by atoms with Gasteiger partial charge in [0.25, 0.3) is 0 Å². The van der Waals surface area contributed by atoms with E-state index in [4.69, 9.17) is 0 Å². The third kappa shape index (κ3) is 10.3. The van der Waals surface area contributed by atoms with Gasteiger partial charge in [-0.2, -0.15) is 0 Å². The zero-order valence-electron chi connectivity index (χ0n) is 14.3. The second kappa shape index (κ2) is 12.5. The maximum Gasteiger partial charge on any atom is 0.191 e.